The molecule has 0 spiro atoms. The fraction of sp³-hybridized carbons (Fsp3) is 0.176. The number of para-hydroxylation sites is 2. The lowest BCUT2D eigenvalue weighted by atomic mass is 10.1. The Morgan fingerprint density at radius 2 is 1.77 bits per heavy atom. The standard InChI is InChI=1S/C17H16ClN3O/c18-13-7-2-4-10-16(13)22-11-5-9-15-12-6-1-3-8-14(12)20-17(19)21-15/h1-4,6-8,10H,5,9,11H2,(H2,19,20,21). The molecule has 3 rings (SSSR count). The number of aromatic nitrogens is 2. The number of halogens is 1. The Balaban J connectivity index is 1.66. The molecule has 0 amide bonds. The van der Waals surface area contributed by atoms with Crippen molar-refractivity contribution < 1.29 is 4.74 Å². The molecular formula is C17H16ClN3O. The quantitative estimate of drug-likeness (QED) is 0.726. The van der Waals surface area contributed by atoms with Crippen molar-refractivity contribution in [3.63, 3.8) is 0 Å². The molecule has 4 nitrogen and oxygen atoms in total. The molecule has 1 aromatic heterocycles. The van der Waals surface area contributed by atoms with Crippen LogP contribution in [0.4, 0.5) is 5.95 Å². The van der Waals surface area contributed by atoms with E-state index in [-0.39, 0.29) is 0 Å². The highest BCUT2D eigenvalue weighted by atomic mass is 35.5. The van der Waals surface area contributed by atoms with Crippen LogP contribution in [-0.4, -0.2) is 16.6 Å². The van der Waals surface area contributed by atoms with Crippen LogP contribution in [0.25, 0.3) is 10.9 Å². The Kier molecular flexibility index (Phi) is 4.39. The van der Waals surface area contributed by atoms with E-state index in [1.54, 1.807) is 0 Å². The number of anilines is 1. The molecule has 2 aromatic carbocycles. The van der Waals surface area contributed by atoms with Gasteiger partial charge in [0.05, 0.1) is 22.8 Å². The molecule has 3 aromatic rings. The van der Waals surface area contributed by atoms with E-state index in [1.165, 1.54) is 0 Å². The van der Waals surface area contributed by atoms with Gasteiger partial charge < -0.3 is 10.5 Å². The minimum Gasteiger partial charge on any atom is -0.492 e. The Bertz CT molecular complexity index is 792. The van der Waals surface area contributed by atoms with Gasteiger partial charge in [0.15, 0.2) is 0 Å². The van der Waals surface area contributed by atoms with Crippen LogP contribution >= 0.6 is 11.6 Å². The molecule has 0 radical (unpaired) electrons. The van der Waals surface area contributed by atoms with Gasteiger partial charge in [-0.05, 0) is 31.0 Å². The van der Waals surface area contributed by atoms with Gasteiger partial charge in [-0.15, -0.1) is 0 Å². The molecule has 0 aliphatic heterocycles. The SMILES string of the molecule is Nc1nc(CCCOc2ccccc2Cl)c2ccccc2n1. The van der Waals surface area contributed by atoms with Crippen molar-refractivity contribution in [2.75, 3.05) is 12.3 Å². The first-order valence-corrected chi connectivity index (χ1v) is 7.50. The van der Waals surface area contributed by atoms with Crippen molar-refractivity contribution in [3.05, 3.63) is 59.2 Å². The predicted molar refractivity (Wildman–Crippen MR) is 89.2 cm³/mol. The Morgan fingerprint density at radius 3 is 2.64 bits per heavy atom. The number of hydrogen-bond acceptors (Lipinski definition) is 4. The highest BCUT2D eigenvalue weighted by Crippen LogP contribution is 2.23. The molecular weight excluding hydrogens is 298 g/mol. The number of aryl methyl sites for hydroxylation is 1. The van der Waals surface area contributed by atoms with Gasteiger partial charge in [-0.3, -0.25) is 0 Å². The minimum atomic E-state index is 0.306. The molecule has 0 aliphatic rings. The highest BCUT2D eigenvalue weighted by molar-refractivity contribution is 6.32. The summed E-state index contributed by atoms with van der Waals surface area (Å²) in [7, 11) is 0. The number of benzene rings is 2. The number of hydrogen-bond donors (Lipinski definition) is 1. The minimum absolute atomic E-state index is 0.306. The Labute approximate surface area is 133 Å². The second-order valence-electron chi connectivity index (χ2n) is 4.93. The van der Waals surface area contributed by atoms with Gasteiger partial charge in [-0.25, -0.2) is 9.97 Å². The van der Waals surface area contributed by atoms with Crippen molar-refractivity contribution in [2.45, 2.75) is 12.8 Å². The lowest BCUT2D eigenvalue weighted by molar-refractivity contribution is 0.311. The molecule has 0 saturated heterocycles. The van der Waals surface area contributed by atoms with Crippen molar-refractivity contribution in [1.29, 1.82) is 0 Å². The van der Waals surface area contributed by atoms with Crippen molar-refractivity contribution >= 4 is 28.5 Å². The van der Waals surface area contributed by atoms with Crippen LogP contribution in [0, 0.1) is 0 Å². The van der Waals surface area contributed by atoms with E-state index in [0.29, 0.717) is 23.3 Å². The van der Waals surface area contributed by atoms with E-state index in [2.05, 4.69) is 9.97 Å². The van der Waals surface area contributed by atoms with E-state index >= 15 is 0 Å². The monoisotopic (exact) mass is 313 g/mol. The second-order valence-corrected chi connectivity index (χ2v) is 5.34. The number of nitrogens with two attached hydrogens (primary N) is 1. The fourth-order valence-corrected chi connectivity index (χ4v) is 2.53. The molecule has 0 saturated carbocycles. The first-order chi connectivity index (χ1) is 10.7. The lowest BCUT2D eigenvalue weighted by Gasteiger charge is -2.09. The van der Waals surface area contributed by atoms with Crippen molar-refractivity contribution in [3.8, 4) is 5.75 Å². The number of rotatable bonds is 5. The van der Waals surface area contributed by atoms with Gasteiger partial charge >= 0.3 is 0 Å². The third-order valence-corrected chi connectivity index (χ3v) is 3.66. The summed E-state index contributed by atoms with van der Waals surface area (Å²) in [5.41, 5.74) is 7.59. The maximum atomic E-state index is 6.06. The third kappa shape index (κ3) is 3.28. The molecule has 0 bridgehead atoms. The van der Waals surface area contributed by atoms with Crippen LogP contribution in [-0.2, 0) is 6.42 Å². The molecule has 2 N–H and O–H groups in total. The summed E-state index contributed by atoms with van der Waals surface area (Å²) in [6, 6.07) is 15.3. The maximum absolute atomic E-state index is 6.06. The molecule has 0 unspecified atom stereocenters. The van der Waals surface area contributed by atoms with Gasteiger partial charge in [0, 0.05) is 5.39 Å². The van der Waals surface area contributed by atoms with E-state index < -0.39 is 0 Å². The normalized spacial score (nSPS) is 10.8. The predicted octanol–water partition coefficient (Wildman–Crippen LogP) is 3.88. The smallest absolute Gasteiger partial charge is 0.220 e. The zero-order valence-corrected chi connectivity index (χ0v) is 12.8. The summed E-state index contributed by atoms with van der Waals surface area (Å²) in [6.45, 7) is 0.571. The molecule has 5 heteroatoms. The summed E-state index contributed by atoms with van der Waals surface area (Å²) >= 11 is 6.06. The van der Waals surface area contributed by atoms with Gasteiger partial charge in [-0.2, -0.15) is 0 Å². The van der Waals surface area contributed by atoms with Crippen LogP contribution < -0.4 is 10.5 Å². The maximum Gasteiger partial charge on any atom is 0.220 e. The fourth-order valence-electron chi connectivity index (χ4n) is 2.34. The van der Waals surface area contributed by atoms with Crippen LogP contribution in [0.1, 0.15) is 12.1 Å². The van der Waals surface area contributed by atoms with Gasteiger partial charge in [0.25, 0.3) is 0 Å². The number of nitrogens with zero attached hydrogens (tertiary/aromatic N) is 2. The number of fused-ring (bicyclic) bond motifs is 1. The summed E-state index contributed by atoms with van der Waals surface area (Å²) in [5, 5.41) is 1.66. The molecule has 0 atom stereocenters. The van der Waals surface area contributed by atoms with Gasteiger partial charge in [-0.1, -0.05) is 41.9 Å². The van der Waals surface area contributed by atoms with E-state index in [0.717, 1.165) is 29.4 Å². The molecule has 0 aliphatic carbocycles. The van der Waals surface area contributed by atoms with Gasteiger partial charge in [0.2, 0.25) is 5.95 Å². The van der Waals surface area contributed by atoms with E-state index in [9.17, 15) is 0 Å². The largest absolute Gasteiger partial charge is 0.492 e. The Morgan fingerprint density at radius 1 is 1.00 bits per heavy atom. The van der Waals surface area contributed by atoms with Crippen LogP contribution in [0.5, 0.6) is 5.75 Å². The summed E-state index contributed by atoms with van der Waals surface area (Å²) in [4.78, 5) is 8.59. The Hall–Kier alpha value is -2.33. The highest BCUT2D eigenvalue weighted by Gasteiger charge is 2.06. The first-order valence-electron chi connectivity index (χ1n) is 7.12. The summed E-state index contributed by atoms with van der Waals surface area (Å²) < 4.78 is 5.69. The first kappa shape index (κ1) is 14.6. The van der Waals surface area contributed by atoms with Crippen LogP contribution in [0.3, 0.4) is 0 Å². The van der Waals surface area contributed by atoms with Crippen LogP contribution in [0.2, 0.25) is 5.02 Å². The average Bonchev–Trinajstić information content (AvgIpc) is 2.53. The molecule has 112 valence electrons. The average molecular weight is 314 g/mol. The lowest BCUT2D eigenvalue weighted by Crippen LogP contribution is -2.04. The summed E-state index contributed by atoms with van der Waals surface area (Å²) in [6.07, 6.45) is 1.60. The number of nitrogen functional groups attached to an aromatic ring is 1. The third-order valence-electron chi connectivity index (χ3n) is 3.35. The zero-order valence-electron chi connectivity index (χ0n) is 12.0. The van der Waals surface area contributed by atoms with Crippen molar-refractivity contribution in [1.82, 2.24) is 9.97 Å². The molecule has 0 fully saturated rings. The van der Waals surface area contributed by atoms with Crippen molar-refractivity contribution in [2.24, 2.45) is 0 Å². The van der Waals surface area contributed by atoms with Crippen LogP contribution in [0.15, 0.2) is 48.5 Å². The number of ether oxygens (including phenoxy) is 1. The van der Waals surface area contributed by atoms with Gasteiger partial charge in [0.1, 0.15) is 5.75 Å². The summed E-state index contributed by atoms with van der Waals surface area (Å²) in [5.74, 6) is 1.01. The van der Waals surface area contributed by atoms with E-state index in [1.807, 2.05) is 48.5 Å². The van der Waals surface area contributed by atoms with E-state index in [4.69, 9.17) is 22.1 Å². The molecule has 22 heavy (non-hydrogen) atoms. The second kappa shape index (κ2) is 6.62. The molecule has 1 heterocycles. The topological polar surface area (TPSA) is 61.0 Å². The zero-order chi connectivity index (χ0) is 15.4.